The van der Waals surface area contributed by atoms with Crippen LogP contribution in [-0.2, 0) is 38.1 Å². The third-order valence-electron chi connectivity index (χ3n) is 3.88. The van der Waals surface area contributed by atoms with Crippen LogP contribution < -0.4 is 0 Å². The van der Waals surface area contributed by atoms with Crippen molar-refractivity contribution in [1.82, 2.24) is 0 Å². The molecule has 0 unspecified atom stereocenters. The minimum Gasteiger partial charge on any atom is -0.463 e. The molecule has 1 aromatic carbocycles. The molecule has 2 rings (SSSR count). The molecule has 0 amide bonds. The van der Waals surface area contributed by atoms with E-state index >= 15 is 0 Å². The van der Waals surface area contributed by atoms with Gasteiger partial charge in [-0.2, -0.15) is 0 Å². The van der Waals surface area contributed by atoms with E-state index in [9.17, 15) is 23.6 Å². The van der Waals surface area contributed by atoms with Crippen LogP contribution in [0.3, 0.4) is 0 Å². The van der Waals surface area contributed by atoms with Gasteiger partial charge in [-0.25, -0.2) is 9.18 Å². The molecule has 1 aliphatic heterocycles. The molecule has 1 heterocycles. The molecule has 9 nitrogen and oxygen atoms in total. The van der Waals surface area contributed by atoms with Crippen LogP contribution in [0.2, 0.25) is 0 Å². The molecule has 1 fully saturated rings. The molecule has 0 radical (unpaired) electrons. The van der Waals surface area contributed by atoms with Crippen LogP contribution in [0.15, 0.2) is 30.3 Å². The van der Waals surface area contributed by atoms with Gasteiger partial charge in [0.25, 0.3) is 0 Å². The minimum atomic E-state index is -2.24. The zero-order valence-electron chi connectivity index (χ0n) is 16.0. The lowest BCUT2D eigenvalue weighted by atomic mass is 9.98. The largest absolute Gasteiger partial charge is 0.463 e. The zero-order chi connectivity index (χ0) is 21.6. The SMILES string of the molecule is CC(=O)OC[C@H]1O[C@H](F)[C@H](OC(=O)c2ccccc2)[C@@H](OC(C)=O)[C@H]1OC(C)=O. The summed E-state index contributed by atoms with van der Waals surface area (Å²) < 4.78 is 40.1. The Kier molecular flexibility index (Phi) is 7.66. The van der Waals surface area contributed by atoms with Gasteiger partial charge >= 0.3 is 23.9 Å². The lowest BCUT2D eigenvalue weighted by Crippen LogP contribution is -2.61. The van der Waals surface area contributed by atoms with Gasteiger partial charge in [0.05, 0.1) is 5.56 Å². The summed E-state index contributed by atoms with van der Waals surface area (Å²) in [6, 6.07) is 7.75. The quantitative estimate of drug-likeness (QED) is 0.504. The van der Waals surface area contributed by atoms with Crippen molar-refractivity contribution < 1.29 is 47.3 Å². The maximum atomic E-state index is 14.7. The van der Waals surface area contributed by atoms with Crippen LogP contribution >= 0.6 is 0 Å². The van der Waals surface area contributed by atoms with E-state index in [-0.39, 0.29) is 5.56 Å². The predicted octanol–water partition coefficient (Wildman–Crippen LogP) is 1.33. The normalized spacial score (nSPS) is 26.1. The second kappa shape index (κ2) is 9.97. The summed E-state index contributed by atoms with van der Waals surface area (Å²) >= 11 is 0. The summed E-state index contributed by atoms with van der Waals surface area (Å²) in [4.78, 5) is 46.5. The highest BCUT2D eigenvalue weighted by atomic mass is 19.1. The topological polar surface area (TPSA) is 114 Å². The highest BCUT2D eigenvalue weighted by molar-refractivity contribution is 5.89. The number of carbonyl (C=O) groups excluding carboxylic acids is 4. The van der Waals surface area contributed by atoms with Crippen LogP contribution in [0.1, 0.15) is 31.1 Å². The molecule has 158 valence electrons. The molecule has 0 aromatic heterocycles. The Balaban J connectivity index is 2.30. The van der Waals surface area contributed by atoms with Gasteiger partial charge in [0.15, 0.2) is 18.3 Å². The number of alkyl halides is 1. The lowest BCUT2D eigenvalue weighted by Gasteiger charge is -2.41. The number of esters is 4. The molecule has 0 bridgehead atoms. The van der Waals surface area contributed by atoms with Crippen LogP contribution in [0.25, 0.3) is 0 Å². The highest BCUT2D eigenvalue weighted by Gasteiger charge is 2.52. The first-order valence-electron chi connectivity index (χ1n) is 8.72. The monoisotopic (exact) mass is 412 g/mol. The maximum absolute atomic E-state index is 14.7. The Labute approximate surface area is 166 Å². The van der Waals surface area contributed by atoms with Crippen LogP contribution in [0, 0.1) is 0 Å². The fourth-order valence-corrected chi connectivity index (χ4v) is 2.75. The van der Waals surface area contributed by atoms with Gasteiger partial charge < -0.3 is 23.7 Å². The summed E-state index contributed by atoms with van der Waals surface area (Å²) in [6.07, 6.45) is -8.14. The Bertz CT molecular complexity index is 751. The molecule has 29 heavy (non-hydrogen) atoms. The van der Waals surface area contributed by atoms with Crippen molar-refractivity contribution in [2.24, 2.45) is 0 Å². The Morgan fingerprint density at radius 3 is 2.00 bits per heavy atom. The van der Waals surface area contributed by atoms with E-state index in [0.29, 0.717) is 0 Å². The van der Waals surface area contributed by atoms with Crippen molar-refractivity contribution >= 4 is 23.9 Å². The molecule has 1 aliphatic rings. The smallest absolute Gasteiger partial charge is 0.338 e. The molecule has 1 aromatic rings. The predicted molar refractivity (Wildman–Crippen MR) is 93.2 cm³/mol. The molecule has 1 saturated heterocycles. The number of rotatable bonds is 6. The molecule has 10 heteroatoms. The van der Waals surface area contributed by atoms with Gasteiger partial charge in [0.1, 0.15) is 12.7 Å². The fraction of sp³-hybridized carbons (Fsp3) is 0.474. The standard InChI is InChI=1S/C19H21FO9/c1-10(21)25-9-14-15(26-11(2)22)16(27-12(3)23)17(18(20)28-14)29-19(24)13-7-5-4-6-8-13/h4-8,14-18H,9H2,1-3H3/t14-,15+,16+,17-,18+/m1/s1. The van der Waals surface area contributed by atoms with Crippen molar-refractivity contribution in [3.8, 4) is 0 Å². The summed E-state index contributed by atoms with van der Waals surface area (Å²) in [5.41, 5.74) is 0.132. The zero-order valence-corrected chi connectivity index (χ0v) is 16.0. The van der Waals surface area contributed by atoms with E-state index in [1.165, 1.54) is 12.1 Å². The number of ether oxygens (including phenoxy) is 5. The van der Waals surface area contributed by atoms with Crippen molar-refractivity contribution in [1.29, 1.82) is 0 Å². The number of halogens is 1. The van der Waals surface area contributed by atoms with Crippen molar-refractivity contribution in [3.63, 3.8) is 0 Å². The van der Waals surface area contributed by atoms with E-state index in [0.717, 1.165) is 20.8 Å². The maximum Gasteiger partial charge on any atom is 0.338 e. The van der Waals surface area contributed by atoms with E-state index in [1.54, 1.807) is 18.2 Å². The van der Waals surface area contributed by atoms with Crippen molar-refractivity contribution in [3.05, 3.63) is 35.9 Å². The number of carbonyl (C=O) groups is 4. The third kappa shape index (κ3) is 6.24. The Morgan fingerprint density at radius 1 is 0.862 bits per heavy atom. The van der Waals surface area contributed by atoms with Gasteiger partial charge in [0, 0.05) is 20.8 Å². The van der Waals surface area contributed by atoms with E-state index in [2.05, 4.69) is 0 Å². The molecule has 5 atom stereocenters. The Hall–Kier alpha value is -3.01. The van der Waals surface area contributed by atoms with Crippen molar-refractivity contribution in [2.75, 3.05) is 6.61 Å². The average molecular weight is 412 g/mol. The van der Waals surface area contributed by atoms with Crippen LogP contribution in [-0.4, -0.2) is 61.3 Å². The van der Waals surface area contributed by atoms with E-state index in [4.69, 9.17) is 23.7 Å². The average Bonchev–Trinajstić information content (AvgIpc) is 2.65. The van der Waals surface area contributed by atoms with Gasteiger partial charge in [0.2, 0.25) is 6.36 Å². The second-order valence-electron chi connectivity index (χ2n) is 6.21. The molecular weight excluding hydrogens is 391 g/mol. The number of hydrogen-bond donors (Lipinski definition) is 0. The summed E-state index contributed by atoms with van der Waals surface area (Å²) in [5, 5.41) is 0. The van der Waals surface area contributed by atoms with E-state index < -0.39 is 61.3 Å². The molecular formula is C19H21FO9. The van der Waals surface area contributed by atoms with Gasteiger partial charge in [-0.1, -0.05) is 18.2 Å². The summed E-state index contributed by atoms with van der Waals surface area (Å²) in [6.45, 7) is 2.81. The number of hydrogen-bond acceptors (Lipinski definition) is 9. The Morgan fingerprint density at radius 2 is 1.45 bits per heavy atom. The summed E-state index contributed by atoms with van der Waals surface area (Å²) in [5.74, 6) is -3.17. The molecule has 0 saturated carbocycles. The highest BCUT2D eigenvalue weighted by Crippen LogP contribution is 2.30. The summed E-state index contributed by atoms with van der Waals surface area (Å²) in [7, 11) is 0. The van der Waals surface area contributed by atoms with Crippen LogP contribution in [0.5, 0.6) is 0 Å². The molecule has 0 spiro atoms. The lowest BCUT2D eigenvalue weighted by molar-refractivity contribution is -0.272. The van der Waals surface area contributed by atoms with Crippen LogP contribution in [0.4, 0.5) is 4.39 Å². The molecule has 0 aliphatic carbocycles. The third-order valence-corrected chi connectivity index (χ3v) is 3.88. The van der Waals surface area contributed by atoms with Gasteiger partial charge in [-0.15, -0.1) is 0 Å². The van der Waals surface area contributed by atoms with E-state index in [1.807, 2.05) is 0 Å². The first kappa shape index (κ1) is 22.3. The van der Waals surface area contributed by atoms with Crippen molar-refractivity contribution in [2.45, 2.75) is 51.5 Å². The molecule has 0 N–H and O–H groups in total. The fourth-order valence-electron chi connectivity index (χ4n) is 2.75. The first-order chi connectivity index (χ1) is 13.7. The number of benzene rings is 1. The van der Waals surface area contributed by atoms with Gasteiger partial charge in [-0.05, 0) is 12.1 Å². The second-order valence-corrected chi connectivity index (χ2v) is 6.21. The van der Waals surface area contributed by atoms with Gasteiger partial charge in [-0.3, -0.25) is 14.4 Å². The minimum absolute atomic E-state index is 0.132. The first-order valence-corrected chi connectivity index (χ1v) is 8.72.